The number of nitriles is 1. The third kappa shape index (κ3) is 3.38. The lowest BCUT2D eigenvalue weighted by atomic mass is 9.83. The summed E-state index contributed by atoms with van der Waals surface area (Å²) in [4.78, 5) is 18.7. The first kappa shape index (κ1) is 17.5. The molecule has 2 aromatic rings. The van der Waals surface area contributed by atoms with E-state index in [0.29, 0.717) is 24.1 Å². The van der Waals surface area contributed by atoms with Crippen molar-refractivity contribution in [1.82, 2.24) is 9.88 Å². The Morgan fingerprint density at radius 2 is 1.96 bits per heavy atom. The number of nitrogens with zero attached hydrogens (tertiary/aromatic N) is 3. The van der Waals surface area contributed by atoms with Crippen LogP contribution in [0.5, 0.6) is 0 Å². The summed E-state index contributed by atoms with van der Waals surface area (Å²) in [6.45, 7) is 0.242. The van der Waals surface area contributed by atoms with Gasteiger partial charge in [0.25, 0.3) is 0 Å². The van der Waals surface area contributed by atoms with E-state index in [-0.39, 0.29) is 24.8 Å². The predicted molar refractivity (Wildman–Crippen MR) is 97.4 cm³/mol. The van der Waals surface area contributed by atoms with Gasteiger partial charge in [-0.2, -0.15) is 5.26 Å². The van der Waals surface area contributed by atoms with Crippen molar-refractivity contribution in [2.45, 2.75) is 50.0 Å². The van der Waals surface area contributed by atoms with Crippen LogP contribution < -0.4 is 0 Å². The number of carbonyl (C=O) groups excluding carboxylic acids is 1. The number of amides is 1. The monoisotopic (exact) mass is 363 g/mol. The third-order valence-electron chi connectivity index (χ3n) is 5.55. The first-order chi connectivity index (χ1) is 13.1. The molecule has 6 nitrogen and oxygen atoms in total. The van der Waals surface area contributed by atoms with Crippen LogP contribution in [0.1, 0.15) is 42.5 Å². The van der Waals surface area contributed by atoms with Crippen molar-refractivity contribution in [3.8, 4) is 6.07 Å². The lowest BCUT2D eigenvalue weighted by molar-refractivity contribution is -0.0564. The van der Waals surface area contributed by atoms with Crippen molar-refractivity contribution in [1.29, 1.82) is 5.26 Å². The summed E-state index contributed by atoms with van der Waals surface area (Å²) >= 11 is 0. The fourth-order valence-corrected chi connectivity index (χ4v) is 4.28. The number of carbonyl (C=O) groups is 1. The van der Waals surface area contributed by atoms with E-state index in [4.69, 9.17) is 10.00 Å². The van der Waals surface area contributed by atoms with Gasteiger partial charge in [0.05, 0.1) is 17.3 Å². The van der Waals surface area contributed by atoms with Crippen LogP contribution in [0, 0.1) is 11.3 Å². The molecule has 27 heavy (non-hydrogen) atoms. The first-order valence-electron chi connectivity index (χ1n) is 9.17. The zero-order valence-corrected chi connectivity index (χ0v) is 14.9. The zero-order chi connectivity index (χ0) is 18.9. The van der Waals surface area contributed by atoms with Crippen LogP contribution in [0.2, 0.25) is 0 Å². The molecule has 1 aromatic carbocycles. The van der Waals surface area contributed by atoms with Gasteiger partial charge in [-0.05, 0) is 30.5 Å². The number of ether oxygens (including phenoxy) is 1. The normalized spacial score (nSPS) is 26.4. The summed E-state index contributed by atoms with van der Waals surface area (Å²) < 4.78 is 5.51. The second-order valence-corrected chi connectivity index (χ2v) is 7.31. The quantitative estimate of drug-likeness (QED) is 0.905. The van der Waals surface area contributed by atoms with Gasteiger partial charge in [-0.15, -0.1) is 0 Å². The Kier molecular flexibility index (Phi) is 4.54. The summed E-state index contributed by atoms with van der Waals surface area (Å²) in [5, 5.41) is 20.3. The Morgan fingerprint density at radius 1 is 1.26 bits per heavy atom. The maximum Gasteiger partial charge on any atom is 0.410 e. The number of piperidine rings is 1. The van der Waals surface area contributed by atoms with Crippen LogP contribution in [0.15, 0.2) is 48.7 Å². The molecule has 2 atom stereocenters. The van der Waals surface area contributed by atoms with Gasteiger partial charge in [-0.25, -0.2) is 4.79 Å². The van der Waals surface area contributed by atoms with E-state index in [9.17, 15) is 9.90 Å². The Balaban J connectivity index is 1.47. The number of aliphatic hydroxyl groups is 1. The van der Waals surface area contributed by atoms with Gasteiger partial charge in [0.15, 0.2) is 0 Å². The molecule has 0 radical (unpaired) electrons. The van der Waals surface area contributed by atoms with Crippen molar-refractivity contribution < 1.29 is 14.6 Å². The maximum absolute atomic E-state index is 12.6. The minimum atomic E-state index is -1.12. The van der Waals surface area contributed by atoms with Gasteiger partial charge < -0.3 is 14.7 Å². The van der Waals surface area contributed by atoms with E-state index in [0.717, 1.165) is 18.4 Å². The maximum atomic E-state index is 12.6. The fourth-order valence-electron chi connectivity index (χ4n) is 4.28. The number of fused-ring (bicyclic) bond motifs is 2. The molecule has 1 N–H and O–H groups in total. The van der Waals surface area contributed by atoms with E-state index in [1.165, 1.54) is 0 Å². The van der Waals surface area contributed by atoms with Crippen molar-refractivity contribution in [2.75, 3.05) is 0 Å². The molecular weight excluding hydrogens is 342 g/mol. The molecule has 2 fully saturated rings. The van der Waals surface area contributed by atoms with Crippen molar-refractivity contribution in [2.24, 2.45) is 0 Å². The topological polar surface area (TPSA) is 86.5 Å². The van der Waals surface area contributed by atoms with E-state index >= 15 is 0 Å². The van der Waals surface area contributed by atoms with Crippen molar-refractivity contribution in [3.05, 3.63) is 65.5 Å². The van der Waals surface area contributed by atoms with Crippen molar-refractivity contribution in [3.63, 3.8) is 0 Å². The summed E-state index contributed by atoms with van der Waals surface area (Å²) in [6.07, 6.45) is 3.72. The molecule has 2 unspecified atom stereocenters. The molecule has 2 bridgehead atoms. The number of aromatic nitrogens is 1. The molecule has 4 rings (SSSR count). The molecule has 138 valence electrons. The van der Waals surface area contributed by atoms with Gasteiger partial charge in [0.2, 0.25) is 0 Å². The molecule has 2 aliphatic heterocycles. The minimum Gasteiger partial charge on any atom is -0.445 e. The predicted octanol–water partition coefficient (Wildman–Crippen LogP) is 3.10. The summed E-state index contributed by atoms with van der Waals surface area (Å²) in [7, 11) is 0. The molecule has 0 saturated carbocycles. The van der Waals surface area contributed by atoms with Crippen molar-refractivity contribution >= 4 is 6.09 Å². The lowest BCUT2D eigenvalue weighted by Gasteiger charge is -2.42. The molecule has 3 heterocycles. The number of hydrogen-bond acceptors (Lipinski definition) is 5. The van der Waals surface area contributed by atoms with E-state index in [1.54, 1.807) is 23.2 Å². The van der Waals surface area contributed by atoms with Gasteiger partial charge >= 0.3 is 6.09 Å². The Hall–Kier alpha value is -2.91. The summed E-state index contributed by atoms with van der Waals surface area (Å²) in [5.41, 5.74) is 0.819. The number of hydrogen-bond donors (Lipinski definition) is 1. The highest BCUT2D eigenvalue weighted by Crippen LogP contribution is 2.45. The van der Waals surface area contributed by atoms with Gasteiger partial charge in [-0.3, -0.25) is 4.98 Å². The Labute approximate surface area is 158 Å². The van der Waals surface area contributed by atoms with Crippen LogP contribution in [-0.2, 0) is 16.9 Å². The van der Waals surface area contributed by atoms with Crippen LogP contribution in [0.3, 0.4) is 0 Å². The smallest absolute Gasteiger partial charge is 0.410 e. The molecule has 2 aliphatic rings. The fraction of sp³-hybridized carbons (Fsp3) is 0.381. The molecule has 0 spiro atoms. The number of rotatable bonds is 3. The summed E-state index contributed by atoms with van der Waals surface area (Å²) in [6, 6.07) is 14.8. The van der Waals surface area contributed by atoms with E-state index < -0.39 is 5.60 Å². The third-order valence-corrected chi connectivity index (χ3v) is 5.55. The van der Waals surface area contributed by atoms with E-state index in [2.05, 4.69) is 11.1 Å². The molecule has 2 saturated heterocycles. The molecule has 1 amide bonds. The Morgan fingerprint density at radius 3 is 2.63 bits per heavy atom. The number of benzene rings is 1. The van der Waals surface area contributed by atoms with Crippen LogP contribution in [-0.4, -0.2) is 33.2 Å². The number of pyridine rings is 1. The second kappa shape index (κ2) is 7.01. The molecular formula is C21H21N3O3. The standard InChI is InChI=1S/C21H21N3O3/c22-13-16-8-9-23-19(10-16)21(26)11-17-6-7-18(12-21)24(17)20(25)27-14-15-4-2-1-3-5-15/h1-5,8-10,17-18,26H,6-7,11-12,14H2. The molecule has 6 heteroatoms. The van der Waals surface area contributed by atoms with Gasteiger partial charge in [-0.1, -0.05) is 30.3 Å². The van der Waals surface area contributed by atoms with E-state index in [1.807, 2.05) is 30.3 Å². The Bertz CT molecular complexity index is 864. The molecule has 1 aromatic heterocycles. The first-order valence-corrected chi connectivity index (χ1v) is 9.17. The SMILES string of the molecule is N#Cc1ccnc(C2(O)CC3CCC(C2)N3C(=O)OCc2ccccc2)c1. The minimum absolute atomic E-state index is 0.0791. The molecule has 0 aliphatic carbocycles. The zero-order valence-electron chi connectivity index (χ0n) is 14.9. The average molecular weight is 363 g/mol. The lowest BCUT2D eigenvalue weighted by Crippen LogP contribution is -2.52. The average Bonchev–Trinajstić information content (AvgIpc) is 2.99. The highest BCUT2D eigenvalue weighted by Gasteiger charge is 2.51. The highest BCUT2D eigenvalue weighted by atomic mass is 16.6. The largest absolute Gasteiger partial charge is 0.445 e. The second-order valence-electron chi connectivity index (χ2n) is 7.31. The summed E-state index contributed by atoms with van der Waals surface area (Å²) in [5.74, 6) is 0. The van der Waals surface area contributed by atoms with Crippen LogP contribution >= 0.6 is 0 Å². The highest BCUT2D eigenvalue weighted by molar-refractivity contribution is 5.69. The van der Waals surface area contributed by atoms with Crippen LogP contribution in [0.4, 0.5) is 4.79 Å². The van der Waals surface area contributed by atoms with Gasteiger partial charge in [0.1, 0.15) is 12.2 Å². The van der Waals surface area contributed by atoms with Crippen LogP contribution in [0.25, 0.3) is 0 Å². The van der Waals surface area contributed by atoms with Gasteiger partial charge in [0, 0.05) is 31.1 Å².